The van der Waals surface area contributed by atoms with Crippen LogP contribution < -0.4 is 4.74 Å². The zero-order valence-electron chi connectivity index (χ0n) is 15.0. The van der Waals surface area contributed by atoms with E-state index in [0.29, 0.717) is 28.9 Å². The lowest BCUT2D eigenvalue weighted by Crippen LogP contribution is -2.11. The van der Waals surface area contributed by atoms with Crippen molar-refractivity contribution in [2.24, 2.45) is 0 Å². The van der Waals surface area contributed by atoms with Crippen molar-refractivity contribution in [3.8, 4) is 5.75 Å². The summed E-state index contributed by atoms with van der Waals surface area (Å²) in [6.07, 6.45) is 0.600. The molecule has 0 saturated carbocycles. The summed E-state index contributed by atoms with van der Waals surface area (Å²) in [5.74, 6) is -0.137. The van der Waals surface area contributed by atoms with E-state index in [0.717, 1.165) is 11.3 Å². The van der Waals surface area contributed by atoms with Gasteiger partial charge in [0, 0.05) is 12.1 Å². The van der Waals surface area contributed by atoms with Gasteiger partial charge in [0.2, 0.25) is 0 Å². The molecule has 0 atom stereocenters. The first-order chi connectivity index (χ1) is 12.0. The first kappa shape index (κ1) is 18.6. The molecule has 0 unspecified atom stereocenters. The largest absolute Gasteiger partial charge is 0.497 e. The number of benzene rings is 1. The smallest absolute Gasteiger partial charge is 0.355 e. The molecule has 2 rings (SSSR count). The molecule has 134 valence electrons. The lowest BCUT2D eigenvalue weighted by atomic mass is 10.1. The van der Waals surface area contributed by atoms with E-state index < -0.39 is 11.9 Å². The Morgan fingerprint density at radius 3 is 2.32 bits per heavy atom. The molecule has 0 spiro atoms. The number of hydrogen-bond acceptors (Lipinski definition) is 5. The van der Waals surface area contributed by atoms with Crippen molar-refractivity contribution in [1.29, 1.82) is 0 Å². The van der Waals surface area contributed by atoms with Gasteiger partial charge in [0.1, 0.15) is 11.4 Å². The minimum absolute atomic E-state index is 0.254. The van der Waals surface area contributed by atoms with Crippen LogP contribution in [0.1, 0.15) is 44.6 Å². The van der Waals surface area contributed by atoms with Crippen LogP contribution in [0, 0.1) is 13.8 Å². The van der Waals surface area contributed by atoms with Crippen LogP contribution in [0.4, 0.5) is 0 Å². The Hall–Kier alpha value is -2.76. The number of rotatable bonds is 7. The molecule has 6 nitrogen and oxygen atoms in total. The second kappa shape index (κ2) is 8.37. The van der Waals surface area contributed by atoms with Crippen molar-refractivity contribution in [3.05, 3.63) is 52.3 Å². The van der Waals surface area contributed by atoms with Crippen molar-refractivity contribution < 1.29 is 23.8 Å². The van der Waals surface area contributed by atoms with Crippen molar-refractivity contribution in [3.63, 3.8) is 0 Å². The number of nitrogens with one attached hydrogen (secondary N) is 1. The molecule has 0 radical (unpaired) electrons. The maximum Gasteiger partial charge on any atom is 0.355 e. The highest BCUT2D eigenvalue weighted by Crippen LogP contribution is 2.20. The molecule has 1 aromatic carbocycles. The van der Waals surface area contributed by atoms with Crippen molar-refractivity contribution >= 4 is 11.9 Å². The topological polar surface area (TPSA) is 77.6 Å². The highest BCUT2D eigenvalue weighted by atomic mass is 16.5. The zero-order valence-corrected chi connectivity index (χ0v) is 15.0. The molecule has 1 N–H and O–H groups in total. The van der Waals surface area contributed by atoms with Crippen LogP contribution in [0.3, 0.4) is 0 Å². The van der Waals surface area contributed by atoms with E-state index >= 15 is 0 Å². The molecule has 6 heteroatoms. The zero-order chi connectivity index (χ0) is 18.4. The average molecular weight is 345 g/mol. The van der Waals surface area contributed by atoms with Crippen LogP contribution in [0.5, 0.6) is 5.75 Å². The van der Waals surface area contributed by atoms with Gasteiger partial charge in [-0.3, -0.25) is 0 Å². The summed E-state index contributed by atoms with van der Waals surface area (Å²) >= 11 is 0. The number of methoxy groups -OCH3 is 1. The van der Waals surface area contributed by atoms with Gasteiger partial charge in [0.15, 0.2) is 0 Å². The lowest BCUT2D eigenvalue weighted by molar-refractivity contribution is 0.0507. The Kier molecular flexibility index (Phi) is 6.22. The standard InChI is InChI=1S/C19H23NO5/c1-5-24-19(22)17-12(2)16(13(3)20-17)18(21)25-11-10-14-6-8-15(23-4)9-7-14/h6-9,20H,5,10-11H2,1-4H3. The van der Waals surface area contributed by atoms with E-state index in [4.69, 9.17) is 14.2 Å². The van der Waals surface area contributed by atoms with Crippen LogP contribution in [-0.4, -0.2) is 37.2 Å². The van der Waals surface area contributed by atoms with Gasteiger partial charge in [0.05, 0.1) is 25.9 Å². The number of aromatic nitrogens is 1. The molecule has 0 aliphatic carbocycles. The van der Waals surface area contributed by atoms with Gasteiger partial charge in [-0.15, -0.1) is 0 Å². The summed E-state index contributed by atoms with van der Waals surface area (Å²) in [7, 11) is 1.61. The molecule has 1 aromatic heterocycles. The Labute approximate surface area is 147 Å². The summed E-state index contributed by atoms with van der Waals surface area (Å²) in [6, 6.07) is 7.59. The molecule has 0 amide bonds. The first-order valence-corrected chi connectivity index (χ1v) is 8.14. The van der Waals surface area contributed by atoms with E-state index in [-0.39, 0.29) is 13.2 Å². The molecule has 0 saturated heterocycles. The molecule has 2 aromatic rings. The molecule has 0 bridgehead atoms. The van der Waals surface area contributed by atoms with Gasteiger partial charge in [0.25, 0.3) is 0 Å². The van der Waals surface area contributed by atoms with Crippen LogP contribution >= 0.6 is 0 Å². The molecular weight excluding hydrogens is 322 g/mol. The fourth-order valence-corrected chi connectivity index (χ4v) is 2.59. The van der Waals surface area contributed by atoms with E-state index in [1.54, 1.807) is 27.9 Å². The highest BCUT2D eigenvalue weighted by molar-refractivity contribution is 5.98. The predicted molar refractivity (Wildman–Crippen MR) is 93.2 cm³/mol. The monoisotopic (exact) mass is 345 g/mol. The third-order valence-electron chi connectivity index (χ3n) is 3.90. The second-order valence-electron chi connectivity index (χ2n) is 5.58. The van der Waals surface area contributed by atoms with Gasteiger partial charge >= 0.3 is 11.9 Å². The summed E-state index contributed by atoms with van der Waals surface area (Å²) < 4.78 is 15.5. The molecule has 0 fully saturated rings. The molecule has 1 heterocycles. The SMILES string of the molecule is CCOC(=O)c1[nH]c(C)c(C(=O)OCCc2ccc(OC)cc2)c1C. The minimum atomic E-state index is -0.472. The number of carbonyl (C=O) groups excluding carboxylic acids is 2. The van der Waals surface area contributed by atoms with E-state index in [2.05, 4.69) is 4.98 Å². The Morgan fingerprint density at radius 1 is 1.04 bits per heavy atom. The Bertz CT molecular complexity index is 746. The lowest BCUT2D eigenvalue weighted by Gasteiger charge is -2.07. The number of ether oxygens (including phenoxy) is 3. The fraction of sp³-hybridized carbons (Fsp3) is 0.368. The summed E-state index contributed by atoms with van der Waals surface area (Å²) in [6.45, 7) is 5.70. The number of aromatic amines is 1. The molecular formula is C19H23NO5. The summed E-state index contributed by atoms with van der Waals surface area (Å²) in [5, 5.41) is 0. The number of aryl methyl sites for hydroxylation is 1. The van der Waals surface area contributed by atoms with Gasteiger partial charge in [-0.2, -0.15) is 0 Å². The van der Waals surface area contributed by atoms with Crippen LogP contribution in [0.15, 0.2) is 24.3 Å². The van der Waals surface area contributed by atoms with Crippen LogP contribution in [-0.2, 0) is 15.9 Å². The number of H-pyrrole nitrogens is 1. The van der Waals surface area contributed by atoms with E-state index in [1.165, 1.54) is 0 Å². The fourth-order valence-electron chi connectivity index (χ4n) is 2.59. The number of carbonyl (C=O) groups is 2. The van der Waals surface area contributed by atoms with E-state index in [1.807, 2.05) is 24.3 Å². The van der Waals surface area contributed by atoms with Gasteiger partial charge in [-0.25, -0.2) is 9.59 Å². The number of esters is 2. The van der Waals surface area contributed by atoms with E-state index in [9.17, 15) is 9.59 Å². The molecule has 0 aliphatic heterocycles. The van der Waals surface area contributed by atoms with Crippen molar-refractivity contribution in [1.82, 2.24) is 4.98 Å². The van der Waals surface area contributed by atoms with Gasteiger partial charge in [-0.05, 0) is 44.0 Å². The third-order valence-corrected chi connectivity index (χ3v) is 3.90. The summed E-state index contributed by atoms with van der Waals surface area (Å²) in [5.41, 5.74) is 2.86. The van der Waals surface area contributed by atoms with Crippen molar-refractivity contribution in [2.75, 3.05) is 20.3 Å². The maximum absolute atomic E-state index is 12.4. The molecule has 25 heavy (non-hydrogen) atoms. The third kappa shape index (κ3) is 4.41. The predicted octanol–water partition coefficient (Wildman–Crippen LogP) is 3.22. The Morgan fingerprint density at radius 2 is 1.72 bits per heavy atom. The van der Waals surface area contributed by atoms with Crippen LogP contribution in [0.2, 0.25) is 0 Å². The minimum Gasteiger partial charge on any atom is -0.497 e. The average Bonchev–Trinajstić information content (AvgIpc) is 2.90. The quantitative estimate of drug-likeness (QED) is 0.780. The summed E-state index contributed by atoms with van der Waals surface area (Å²) in [4.78, 5) is 27.2. The molecule has 0 aliphatic rings. The normalized spacial score (nSPS) is 10.4. The maximum atomic E-state index is 12.4. The van der Waals surface area contributed by atoms with Gasteiger partial charge in [-0.1, -0.05) is 12.1 Å². The van der Waals surface area contributed by atoms with Gasteiger partial charge < -0.3 is 19.2 Å². The second-order valence-corrected chi connectivity index (χ2v) is 5.58. The van der Waals surface area contributed by atoms with Crippen molar-refractivity contribution in [2.45, 2.75) is 27.2 Å². The number of hydrogen-bond donors (Lipinski definition) is 1. The highest BCUT2D eigenvalue weighted by Gasteiger charge is 2.23. The van der Waals surface area contributed by atoms with Crippen LogP contribution in [0.25, 0.3) is 0 Å². The first-order valence-electron chi connectivity index (χ1n) is 8.14. The Balaban J connectivity index is 1.99.